The summed E-state index contributed by atoms with van der Waals surface area (Å²) in [5, 5.41) is 2.58. The van der Waals surface area contributed by atoms with Gasteiger partial charge in [0, 0.05) is 20.1 Å². The number of ether oxygens (including phenoxy) is 1. The van der Waals surface area contributed by atoms with Crippen LogP contribution in [-0.4, -0.2) is 51.0 Å². The van der Waals surface area contributed by atoms with Crippen LogP contribution in [0.1, 0.15) is 6.42 Å². The van der Waals surface area contributed by atoms with Gasteiger partial charge in [0.2, 0.25) is 15.9 Å². The van der Waals surface area contributed by atoms with Gasteiger partial charge >= 0.3 is 0 Å². The van der Waals surface area contributed by atoms with Crippen LogP contribution in [0.5, 0.6) is 0 Å². The molecule has 2 heterocycles. The number of carbonyl (C=O) groups excluding carboxylic acids is 1. The zero-order valence-corrected chi connectivity index (χ0v) is 12.8. The Morgan fingerprint density at radius 3 is 2.86 bits per heavy atom. The Labute approximate surface area is 128 Å². The minimum absolute atomic E-state index is 0.0784. The molecule has 0 spiro atoms. The number of benzene rings is 1. The summed E-state index contributed by atoms with van der Waals surface area (Å²) in [5.74, 6) is -1.08. The van der Waals surface area contributed by atoms with Crippen molar-refractivity contribution in [3.63, 3.8) is 0 Å². The van der Waals surface area contributed by atoms with Crippen molar-refractivity contribution >= 4 is 15.9 Å². The van der Waals surface area contributed by atoms with Gasteiger partial charge in [0.15, 0.2) is 0 Å². The molecule has 0 aliphatic carbocycles. The number of nitrogens with zero attached hydrogens (tertiary/aromatic N) is 1. The van der Waals surface area contributed by atoms with Gasteiger partial charge in [-0.05, 0) is 24.6 Å². The maximum absolute atomic E-state index is 13.3. The third kappa shape index (κ3) is 2.62. The van der Waals surface area contributed by atoms with Crippen molar-refractivity contribution in [2.24, 2.45) is 5.92 Å². The fraction of sp³-hybridized carbons (Fsp3) is 0.500. The molecule has 3 rings (SSSR count). The lowest BCUT2D eigenvalue weighted by molar-refractivity contribution is -0.126. The summed E-state index contributed by atoms with van der Waals surface area (Å²) >= 11 is 0. The Morgan fingerprint density at radius 2 is 2.18 bits per heavy atom. The second-order valence-electron chi connectivity index (χ2n) is 5.53. The maximum Gasteiger partial charge on any atom is 0.243 e. The average Bonchev–Trinajstić information content (AvgIpc) is 2.80. The van der Waals surface area contributed by atoms with Crippen LogP contribution < -0.4 is 5.32 Å². The van der Waals surface area contributed by atoms with Gasteiger partial charge in [0.25, 0.3) is 0 Å². The highest BCUT2D eigenvalue weighted by Gasteiger charge is 2.47. The zero-order valence-electron chi connectivity index (χ0n) is 12.0. The van der Waals surface area contributed by atoms with Crippen LogP contribution in [0, 0.1) is 11.7 Å². The molecule has 0 saturated carbocycles. The number of nitrogens with one attached hydrogen (secondary N) is 1. The van der Waals surface area contributed by atoms with Crippen LogP contribution in [0.2, 0.25) is 0 Å². The molecular weight excluding hydrogens is 311 g/mol. The quantitative estimate of drug-likeness (QED) is 0.869. The Kier molecular flexibility index (Phi) is 3.92. The summed E-state index contributed by atoms with van der Waals surface area (Å²) in [6.07, 6.45) is -0.258. The largest absolute Gasteiger partial charge is 0.371 e. The van der Waals surface area contributed by atoms with Crippen molar-refractivity contribution in [1.29, 1.82) is 0 Å². The van der Waals surface area contributed by atoms with E-state index in [4.69, 9.17) is 4.74 Å². The standard InChI is InChI=1S/C14H17FN2O4S/c1-16-14(18)12-6-10-7-17(8-13(12)21-10)22(19,20)11-4-2-3-9(15)5-11/h2-5,10,12-13H,6-8H2,1H3,(H,16,18)/t10-,12-,13+/m0/s1. The van der Waals surface area contributed by atoms with Crippen molar-refractivity contribution in [3.8, 4) is 0 Å². The van der Waals surface area contributed by atoms with E-state index in [0.717, 1.165) is 6.07 Å². The van der Waals surface area contributed by atoms with Gasteiger partial charge in [-0.2, -0.15) is 4.31 Å². The number of sulfonamides is 1. The highest BCUT2D eigenvalue weighted by atomic mass is 32.2. The van der Waals surface area contributed by atoms with Gasteiger partial charge in [-0.3, -0.25) is 4.79 Å². The lowest BCUT2D eigenvalue weighted by Gasteiger charge is -2.31. The first kappa shape index (κ1) is 15.4. The van der Waals surface area contributed by atoms with E-state index in [1.165, 1.54) is 22.5 Å². The van der Waals surface area contributed by atoms with Crippen LogP contribution in [0.15, 0.2) is 29.2 Å². The van der Waals surface area contributed by atoms with E-state index < -0.39 is 21.9 Å². The molecule has 2 saturated heterocycles. The lowest BCUT2D eigenvalue weighted by Crippen LogP contribution is -2.47. The number of hydrogen-bond acceptors (Lipinski definition) is 4. The molecule has 0 radical (unpaired) electrons. The van der Waals surface area contributed by atoms with Gasteiger partial charge in [-0.1, -0.05) is 6.07 Å². The SMILES string of the molecule is CNC(=O)[C@H]1C[C@H]2CN(S(=O)(=O)c3cccc(F)c3)C[C@H]1O2. The smallest absolute Gasteiger partial charge is 0.243 e. The third-order valence-corrected chi connectivity index (χ3v) is 5.97. The molecule has 1 aromatic rings. The van der Waals surface area contributed by atoms with Crippen molar-refractivity contribution in [2.75, 3.05) is 20.1 Å². The first-order valence-corrected chi connectivity index (χ1v) is 8.48. The number of carbonyl (C=O) groups is 1. The number of morpholine rings is 1. The summed E-state index contributed by atoms with van der Waals surface area (Å²) in [6, 6.07) is 4.93. The number of hydrogen-bond donors (Lipinski definition) is 1. The molecule has 1 amide bonds. The number of rotatable bonds is 3. The summed E-state index contributed by atoms with van der Waals surface area (Å²) in [6.45, 7) is 0.288. The van der Waals surface area contributed by atoms with E-state index in [1.807, 2.05) is 0 Å². The first-order chi connectivity index (χ1) is 10.4. The molecule has 1 N–H and O–H groups in total. The fourth-order valence-electron chi connectivity index (χ4n) is 3.06. The predicted molar refractivity (Wildman–Crippen MR) is 76.0 cm³/mol. The second-order valence-corrected chi connectivity index (χ2v) is 7.47. The molecule has 22 heavy (non-hydrogen) atoms. The van der Waals surface area contributed by atoms with E-state index >= 15 is 0 Å². The maximum atomic E-state index is 13.3. The van der Waals surface area contributed by atoms with Gasteiger partial charge in [0.1, 0.15) is 5.82 Å². The van der Waals surface area contributed by atoms with Crippen LogP contribution in [0.4, 0.5) is 4.39 Å². The Bertz CT molecular complexity index is 694. The van der Waals surface area contributed by atoms with Crippen LogP contribution >= 0.6 is 0 Å². The van der Waals surface area contributed by atoms with Crippen LogP contribution in [-0.2, 0) is 19.6 Å². The predicted octanol–water partition coefficient (Wildman–Crippen LogP) is 0.350. The van der Waals surface area contributed by atoms with Crippen molar-refractivity contribution in [3.05, 3.63) is 30.1 Å². The minimum Gasteiger partial charge on any atom is -0.371 e. The highest BCUT2D eigenvalue weighted by molar-refractivity contribution is 7.89. The molecule has 1 aromatic carbocycles. The highest BCUT2D eigenvalue weighted by Crippen LogP contribution is 2.34. The van der Waals surface area contributed by atoms with E-state index in [2.05, 4.69) is 5.32 Å². The van der Waals surface area contributed by atoms with Gasteiger partial charge < -0.3 is 10.1 Å². The molecule has 2 aliphatic heterocycles. The molecule has 2 aliphatic rings. The Hall–Kier alpha value is -1.51. The van der Waals surface area contributed by atoms with E-state index in [-0.39, 0.29) is 35.9 Å². The summed E-state index contributed by atoms with van der Waals surface area (Å²) in [7, 11) is -2.24. The van der Waals surface area contributed by atoms with Crippen molar-refractivity contribution in [1.82, 2.24) is 9.62 Å². The molecule has 2 fully saturated rings. The Balaban J connectivity index is 1.84. The molecule has 3 atom stereocenters. The average molecular weight is 328 g/mol. The normalized spacial score (nSPS) is 28.5. The summed E-state index contributed by atoms with van der Waals surface area (Å²) in [5.41, 5.74) is 0. The van der Waals surface area contributed by atoms with E-state index in [1.54, 1.807) is 7.05 Å². The summed E-state index contributed by atoms with van der Waals surface area (Å²) < 4.78 is 45.5. The number of halogens is 1. The number of amides is 1. The van der Waals surface area contributed by atoms with Crippen LogP contribution in [0.3, 0.4) is 0 Å². The van der Waals surface area contributed by atoms with Gasteiger partial charge in [-0.25, -0.2) is 12.8 Å². The van der Waals surface area contributed by atoms with E-state index in [9.17, 15) is 17.6 Å². The third-order valence-electron chi connectivity index (χ3n) is 4.14. The molecule has 6 nitrogen and oxygen atoms in total. The molecule has 8 heteroatoms. The van der Waals surface area contributed by atoms with Crippen molar-refractivity contribution in [2.45, 2.75) is 23.5 Å². The monoisotopic (exact) mass is 328 g/mol. The summed E-state index contributed by atoms with van der Waals surface area (Å²) in [4.78, 5) is 11.7. The lowest BCUT2D eigenvalue weighted by atomic mass is 10.00. The van der Waals surface area contributed by atoms with Crippen molar-refractivity contribution < 1.29 is 22.3 Å². The number of fused-ring (bicyclic) bond motifs is 2. The van der Waals surface area contributed by atoms with E-state index in [0.29, 0.717) is 6.42 Å². The molecular formula is C14H17FN2O4S. The topological polar surface area (TPSA) is 75.7 Å². The van der Waals surface area contributed by atoms with Gasteiger partial charge in [0.05, 0.1) is 23.0 Å². The first-order valence-electron chi connectivity index (χ1n) is 7.04. The zero-order chi connectivity index (χ0) is 15.9. The molecule has 0 unspecified atom stereocenters. The molecule has 0 aromatic heterocycles. The second kappa shape index (κ2) is 5.60. The van der Waals surface area contributed by atoms with Crippen LogP contribution in [0.25, 0.3) is 0 Å². The molecule has 2 bridgehead atoms. The minimum atomic E-state index is -3.78. The fourth-order valence-corrected chi connectivity index (χ4v) is 4.57. The van der Waals surface area contributed by atoms with Gasteiger partial charge in [-0.15, -0.1) is 0 Å². The molecule has 120 valence electrons. The Morgan fingerprint density at radius 1 is 1.41 bits per heavy atom.